The third-order valence-corrected chi connectivity index (χ3v) is 3.11. The van der Waals surface area contributed by atoms with Crippen LogP contribution in [0.25, 0.3) is 10.8 Å². The molecule has 0 saturated heterocycles. The van der Waals surface area contributed by atoms with Gasteiger partial charge in [0.15, 0.2) is 11.5 Å². The fraction of sp³-hybridized carbons (Fsp3) is 0.438. The number of ether oxygens (including phenoxy) is 3. The monoisotopic (exact) mass is 290 g/mol. The molecular weight excluding hydrogens is 268 g/mol. The van der Waals surface area contributed by atoms with Gasteiger partial charge in [-0.15, -0.1) is 0 Å². The van der Waals surface area contributed by atoms with E-state index in [0.717, 1.165) is 16.6 Å². The van der Waals surface area contributed by atoms with Crippen LogP contribution >= 0.6 is 0 Å². The molecule has 0 atom stereocenters. The summed E-state index contributed by atoms with van der Waals surface area (Å²) in [6.45, 7) is 5.39. The molecule has 0 amide bonds. The molecule has 114 valence electrons. The molecular formula is C16H22N2O3. The molecule has 2 aromatic rings. The minimum Gasteiger partial charge on any atom is -0.493 e. The predicted molar refractivity (Wildman–Crippen MR) is 84.4 cm³/mol. The molecule has 0 unspecified atom stereocenters. The SMILES string of the molecule is COc1cc2ccnc(NCCOC(C)C)c2cc1OC. The number of methoxy groups -OCH3 is 2. The van der Waals surface area contributed by atoms with Crippen molar-refractivity contribution in [3.05, 3.63) is 24.4 Å². The summed E-state index contributed by atoms with van der Waals surface area (Å²) in [4.78, 5) is 4.39. The Balaban J connectivity index is 2.23. The molecule has 5 nitrogen and oxygen atoms in total. The summed E-state index contributed by atoms with van der Waals surface area (Å²) in [5, 5.41) is 5.35. The smallest absolute Gasteiger partial charge is 0.161 e. The highest BCUT2D eigenvalue weighted by Gasteiger charge is 2.09. The summed E-state index contributed by atoms with van der Waals surface area (Å²) in [6.07, 6.45) is 2.01. The van der Waals surface area contributed by atoms with Crippen LogP contribution in [0.4, 0.5) is 5.82 Å². The average Bonchev–Trinajstić information content (AvgIpc) is 2.49. The lowest BCUT2D eigenvalue weighted by Gasteiger charge is -2.13. The first kappa shape index (κ1) is 15.4. The van der Waals surface area contributed by atoms with Gasteiger partial charge < -0.3 is 19.5 Å². The Bertz CT molecular complexity index is 599. The van der Waals surface area contributed by atoms with Gasteiger partial charge in [-0.05, 0) is 37.4 Å². The molecule has 0 aliphatic heterocycles. The van der Waals surface area contributed by atoms with Crippen LogP contribution in [0.3, 0.4) is 0 Å². The second-order valence-electron chi connectivity index (χ2n) is 4.93. The highest BCUT2D eigenvalue weighted by molar-refractivity contribution is 5.94. The van der Waals surface area contributed by atoms with Crippen LogP contribution in [0, 0.1) is 0 Å². The van der Waals surface area contributed by atoms with Crippen LogP contribution in [0.5, 0.6) is 11.5 Å². The highest BCUT2D eigenvalue weighted by Crippen LogP contribution is 2.34. The number of hydrogen-bond donors (Lipinski definition) is 1. The van der Waals surface area contributed by atoms with Gasteiger partial charge >= 0.3 is 0 Å². The summed E-state index contributed by atoms with van der Waals surface area (Å²) < 4.78 is 16.2. The van der Waals surface area contributed by atoms with Crippen molar-refractivity contribution in [1.82, 2.24) is 4.98 Å². The Morgan fingerprint density at radius 1 is 1.14 bits per heavy atom. The van der Waals surface area contributed by atoms with Crippen molar-refractivity contribution in [3.63, 3.8) is 0 Å². The van der Waals surface area contributed by atoms with Gasteiger partial charge in [-0.1, -0.05) is 0 Å². The first-order chi connectivity index (χ1) is 10.2. The van der Waals surface area contributed by atoms with Crippen molar-refractivity contribution in [1.29, 1.82) is 0 Å². The normalized spacial score (nSPS) is 10.9. The van der Waals surface area contributed by atoms with Crippen molar-refractivity contribution < 1.29 is 14.2 Å². The minimum absolute atomic E-state index is 0.233. The van der Waals surface area contributed by atoms with Crippen molar-refractivity contribution in [2.24, 2.45) is 0 Å². The van der Waals surface area contributed by atoms with Crippen LogP contribution in [0.15, 0.2) is 24.4 Å². The van der Waals surface area contributed by atoms with Gasteiger partial charge in [0.25, 0.3) is 0 Å². The first-order valence-corrected chi connectivity index (χ1v) is 7.02. The Labute approximate surface area is 125 Å². The zero-order chi connectivity index (χ0) is 15.2. The van der Waals surface area contributed by atoms with Crippen LogP contribution in [-0.4, -0.2) is 38.5 Å². The van der Waals surface area contributed by atoms with E-state index < -0.39 is 0 Å². The highest BCUT2D eigenvalue weighted by atomic mass is 16.5. The first-order valence-electron chi connectivity index (χ1n) is 7.02. The van der Waals surface area contributed by atoms with Gasteiger partial charge in [-0.3, -0.25) is 0 Å². The molecule has 2 rings (SSSR count). The molecule has 0 radical (unpaired) electrons. The maximum absolute atomic E-state index is 5.52. The number of rotatable bonds is 7. The van der Waals surface area contributed by atoms with Crippen LogP contribution < -0.4 is 14.8 Å². The number of anilines is 1. The number of benzene rings is 1. The number of pyridine rings is 1. The van der Waals surface area contributed by atoms with Crippen molar-refractivity contribution in [2.75, 3.05) is 32.7 Å². The summed E-state index contributed by atoms with van der Waals surface area (Å²) >= 11 is 0. The molecule has 0 aliphatic rings. The molecule has 0 bridgehead atoms. The van der Waals surface area contributed by atoms with E-state index in [1.807, 2.05) is 32.0 Å². The fourth-order valence-corrected chi connectivity index (χ4v) is 2.10. The largest absolute Gasteiger partial charge is 0.493 e. The molecule has 0 spiro atoms. The van der Waals surface area contributed by atoms with Gasteiger partial charge in [0.05, 0.1) is 26.9 Å². The molecule has 5 heteroatoms. The zero-order valence-electron chi connectivity index (χ0n) is 13.0. The molecule has 1 aromatic heterocycles. The number of aromatic nitrogens is 1. The van der Waals surface area contributed by atoms with Crippen molar-refractivity contribution in [2.45, 2.75) is 20.0 Å². The van der Waals surface area contributed by atoms with E-state index >= 15 is 0 Å². The minimum atomic E-state index is 0.233. The lowest BCUT2D eigenvalue weighted by molar-refractivity contribution is 0.0870. The summed E-state index contributed by atoms with van der Waals surface area (Å²) in [7, 11) is 3.26. The molecule has 1 N–H and O–H groups in total. The van der Waals surface area contributed by atoms with Gasteiger partial charge in [0.1, 0.15) is 5.82 Å². The van der Waals surface area contributed by atoms with E-state index in [2.05, 4.69) is 10.3 Å². The quantitative estimate of drug-likeness (QED) is 0.794. The Morgan fingerprint density at radius 2 is 1.86 bits per heavy atom. The lowest BCUT2D eigenvalue weighted by Crippen LogP contribution is -2.14. The molecule has 0 fully saturated rings. The number of nitrogens with one attached hydrogen (secondary N) is 1. The molecule has 0 aliphatic carbocycles. The third-order valence-electron chi connectivity index (χ3n) is 3.11. The summed E-state index contributed by atoms with van der Waals surface area (Å²) in [5.41, 5.74) is 0. The second kappa shape index (κ2) is 7.13. The zero-order valence-corrected chi connectivity index (χ0v) is 13.0. The van der Waals surface area contributed by atoms with E-state index in [4.69, 9.17) is 14.2 Å². The van der Waals surface area contributed by atoms with E-state index in [0.29, 0.717) is 24.7 Å². The Morgan fingerprint density at radius 3 is 2.52 bits per heavy atom. The lowest BCUT2D eigenvalue weighted by atomic mass is 10.1. The van der Waals surface area contributed by atoms with Crippen LogP contribution in [0.2, 0.25) is 0 Å². The predicted octanol–water partition coefficient (Wildman–Crippen LogP) is 3.09. The number of fused-ring (bicyclic) bond motifs is 1. The van der Waals surface area contributed by atoms with Gasteiger partial charge in [0, 0.05) is 18.1 Å². The Kier molecular flexibility index (Phi) is 5.22. The molecule has 21 heavy (non-hydrogen) atoms. The van der Waals surface area contributed by atoms with E-state index in [1.54, 1.807) is 20.4 Å². The fourth-order valence-electron chi connectivity index (χ4n) is 2.10. The standard InChI is InChI=1S/C16H22N2O3/c1-11(2)21-8-7-18-16-13-10-15(20-4)14(19-3)9-12(13)5-6-17-16/h5-6,9-11H,7-8H2,1-4H3,(H,17,18). The van der Waals surface area contributed by atoms with Crippen LogP contribution in [0.1, 0.15) is 13.8 Å². The second-order valence-corrected chi connectivity index (χ2v) is 4.93. The average molecular weight is 290 g/mol. The van der Waals surface area contributed by atoms with E-state index in [9.17, 15) is 0 Å². The maximum atomic E-state index is 5.52. The van der Waals surface area contributed by atoms with Gasteiger partial charge in [0.2, 0.25) is 0 Å². The number of hydrogen-bond acceptors (Lipinski definition) is 5. The van der Waals surface area contributed by atoms with E-state index in [-0.39, 0.29) is 6.10 Å². The topological polar surface area (TPSA) is 52.6 Å². The van der Waals surface area contributed by atoms with E-state index in [1.165, 1.54) is 0 Å². The Hall–Kier alpha value is -2.01. The van der Waals surface area contributed by atoms with Gasteiger partial charge in [-0.2, -0.15) is 0 Å². The van der Waals surface area contributed by atoms with Gasteiger partial charge in [-0.25, -0.2) is 4.98 Å². The van der Waals surface area contributed by atoms with Crippen molar-refractivity contribution >= 4 is 16.6 Å². The maximum Gasteiger partial charge on any atom is 0.161 e. The molecule has 0 saturated carbocycles. The summed E-state index contributed by atoms with van der Waals surface area (Å²) in [6, 6.07) is 5.84. The number of nitrogens with zero attached hydrogens (tertiary/aromatic N) is 1. The summed E-state index contributed by atoms with van der Waals surface area (Å²) in [5.74, 6) is 2.23. The molecule has 1 aromatic carbocycles. The van der Waals surface area contributed by atoms with Crippen molar-refractivity contribution in [3.8, 4) is 11.5 Å². The third kappa shape index (κ3) is 3.76. The van der Waals surface area contributed by atoms with Crippen LogP contribution in [-0.2, 0) is 4.74 Å². The molecule has 1 heterocycles.